The molecule has 24 heavy (non-hydrogen) atoms. The molecule has 0 spiro atoms. The number of nitrogens with zero attached hydrogens (tertiary/aromatic N) is 4. The molecule has 0 aromatic heterocycles. The Morgan fingerprint density at radius 3 is 2.50 bits per heavy atom. The topological polar surface area (TPSA) is 76.9 Å². The Morgan fingerprint density at radius 1 is 1.29 bits per heavy atom. The van der Waals surface area contributed by atoms with Crippen LogP contribution in [0.3, 0.4) is 0 Å². The molecule has 0 unspecified atom stereocenters. The first-order valence-electron chi connectivity index (χ1n) is 8.05. The fraction of sp³-hybridized carbons (Fsp3) is 0.471. The lowest BCUT2D eigenvalue weighted by molar-refractivity contribution is -0.142. The smallest absolute Gasteiger partial charge is 0.307 e. The zero-order chi connectivity index (χ0) is 17.4. The van der Waals surface area contributed by atoms with Crippen LogP contribution in [-0.2, 0) is 14.3 Å². The zero-order valence-corrected chi connectivity index (χ0v) is 13.9. The fourth-order valence-electron chi connectivity index (χ4n) is 2.60. The highest BCUT2D eigenvalue weighted by Crippen LogP contribution is 2.21. The van der Waals surface area contributed by atoms with Crippen molar-refractivity contribution in [3.8, 4) is 6.19 Å². The van der Waals surface area contributed by atoms with E-state index in [1.807, 2.05) is 24.3 Å². The average Bonchev–Trinajstić information content (AvgIpc) is 2.63. The van der Waals surface area contributed by atoms with Crippen molar-refractivity contribution in [2.24, 2.45) is 0 Å². The summed E-state index contributed by atoms with van der Waals surface area (Å²) in [6, 6.07) is 7.66. The minimum atomic E-state index is -0.303. The molecule has 128 valence electrons. The van der Waals surface area contributed by atoms with Gasteiger partial charge in [0, 0.05) is 38.4 Å². The van der Waals surface area contributed by atoms with Crippen LogP contribution in [0.25, 0.3) is 0 Å². The van der Waals surface area contributed by atoms with Crippen LogP contribution in [0.2, 0.25) is 0 Å². The van der Waals surface area contributed by atoms with Crippen LogP contribution < -0.4 is 9.80 Å². The van der Waals surface area contributed by atoms with Crippen LogP contribution >= 0.6 is 0 Å². The second-order valence-electron chi connectivity index (χ2n) is 5.45. The quantitative estimate of drug-likeness (QED) is 0.324. The normalized spacial score (nSPS) is 14.0. The lowest BCUT2D eigenvalue weighted by atomic mass is 10.2. The van der Waals surface area contributed by atoms with E-state index in [2.05, 4.69) is 11.1 Å². The fourth-order valence-corrected chi connectivity index (χ4v) is 2.60. The van der Waals surface area contributed by atoms with E-state index in [4.69, 9.17) is 4.74 Å². The number of piperazine rings is 1. The summed E-state index contributed by atoms with van der Waals surface area (Å²) in [6.07, 6.45) is 3.16. The summed E-state index contributed by atoms with van der Waals surface area (Å²) in [4.78, 5) is 27.6. The van der Waals surface area contributed by atoms with Crippen LogP contribution in [0.4, 0.5) is 11.4 Å². The van der Waals surface area contributed by atoms with Gasteiger partial charge in [0.2, 0.25) is 6.41 Å². The number of hydrogen-bond donors (Lipinski definition) is 0. The summed E-state index contributed by atoms with van der Waals surface area (Å²) in [5, 5.41) is 9.27. The van der Waals surface area contributed by atoms with E-state index >= 15 is 0 Å². The Bertz CT molecular complexity index is 589. The summed E-state index contributed by atoms with van der Waals surface area (Å²) < 4.78 is 4.88. The number of nitriles is 1. The maximum Gasteiger partial charge on any atom is 0.307 e. The molecule has 1 fully saturated rings. The molecule has 0 radical (unpaired) electrons. The van der Waals surface area contributed by atoms with Gasteiger partial charge < -0.3 is 14.5 Å². The Morgan fingerprint density at radius 2 is 1.96 bits per heavy atom. The van der Waals surface area contributed by atoms with Crippen LogP contribution in [0.15, 0.2) is 24.3 Å². The first-order chi connectivity index (χ1) is 11.7. The number of carbonyl (C=O) groups is 2. The zero-order valence-electron chi connectivity index (χ0n) is 13.9. The Balaban J connectivity index is 1.93. The van der Waals surface area contributed by atoms with Gasteiger partial charge in [-0.25, -0.2) is 0 Å². The summed E-state index contributed by atoms with van der Waals surface area (Å²) in [5.74, 6) is -0.303. The SMILES string of the molecule is CCOC(=O)CCN(C#N)c1ccc(N2CCN(C=O)CC2)cc1. The van der Waals surface area contributed by atoms with Crippen molar-refractivity contribution in [2.45, 2.75) is 13.3 Å². The molecule has 0 bridgehead atoms. The molecular weight excluding hydrogens is 308 g/mol. The monoisotopic (exact) mass is 330 g/mol. The maximum absolute atomic E-state index is 11.4. The minimum Gasteiger partial charge on any atom is -0.466 e. The van der Waals surface area contributed by atoms with Crippen molar-refractivity contribution in [2.75, 3.05) is 49.1 Å². The molecule has 0 atom stereocenters. The highest BCUT2D eigenvalue weighted by atomic mass is 16.5. The van der Waals surface area contributed by atoms with E-state index in [1.54, 1.807) is 11.8 Å². The van der Waals surface area contributed by atoms with E-state index in [-0.39, 0.29) is 12.4 Å². The van der Waals surface area contributed by atoms with E-state index in [0.717, 1.165) is 44.0 Å². The van der Waals surface area contributed by atoms with Crippen LogP contribution in [0, 0.1) is 11.5 Å². The molecule has 1 aromatic carbocycles. The minimum absolute atomic E-state index is 0.177. The number of amides is 1. The standard InChI is InChI=1S/C17H22N4O3/c1-2-24-17(23)7-8-21(13-18)16-5-3-15(4-6-16)20-11-9-19(14-22)10-12-20/h3-6,14H,2,7-12H2,1H3. The average molecular weight is 330 g/mol. The molecule has 7 nitrogen and oxygen atoms in total. The molecule has 1 aromatic rings. The van der Waals surface area contributed by atoms with Crippen LogP contribution in [-0.4, -0.2) is 56.6 Å². The highest BCUT2D eigenvalue weighted by Gasteiger charge is 2.16. The molecule has 2 rings (SSSR count). The first-order valence-corrected chi connectivity index (χ1v) is 8.05. The third-order valence-electron chi connectivity index (χ3n) is 3.96. The molecule has 0 aliphatic carbocycles. The van der Waals surface area contributed by atoms with Gasteiger partial charge >= 0.3 is 5.97 Å². The molecule has 0 N–H and O–H groups in total. The Labute approximate surface area is 142 Å². The first kappa shape index (κ1) is 17.6. The lowest BCUT2D eigenvalue weighted by Crippen LogP contribution is -2.45. The summed E-state index contributed by atoms with van der Waals surface area (Å²) in [7, 11) is 0. The predicted molar refractivity (Wildman–Crippen MR) is 90.5 cm³/mol. The Hall–Kier alpha value is -2.75. The predicted octanol–water partition coefficient (Wildman–Crippen LogP) is 1.21. The van der Waals surface area contributed by atoms with Crippen molar-refractivity contribution in [1.29, 1.82) is 5.26 Å². The number of anilines is 2. The molecule has 7 heteroatoms. The lowest BCUT2D eigenvalue weighted by Gasteiger charge is -2.34. The number of ether oxygens (including phenoxy) is 1. The molecular formula is C17H22N4O3. The van der Waals surface area contributed by atoms with Gasteiger partial charge in [-0.3, -0.25) is 14.5 Å². The summed E-state index contributed by atoms with van der Waals surface area (Å²) >= 11 is 0. The third-order valence-corrected chi connectivity index (χ3v) is 3.96. The summed E-state index contributed by atoms with van der Waals surface area (Å²) in [6.45, 7) is 5.42. The largest absolute Gasteiger partial charge is 0.466 e. The number of benzene rings is 1. The van der Waals surface area contributed by atoms with Crippen molar-refractivity contribution in [1.82, 2.24) is 4.90 Å². The van der Waals surface area contributed by atoms with Crippen LogP contribution in [0.5, 0.6) is 0 Å². The second kappa shape index (κ2) is 8.77. The van der Waals surface area contributed by atoms with Gasteiger partial charge in [-0.15, -0.1) is 0 Å². The number of hydrogen-bond acceptors (Lipinski definition) is 6. The van der Waals surface area contributed by atoms with Crippen molar-refractivity contribution >= 4 is 23.8 Å². The summed E-state index contributed by atoms with van der Waals surface area (Å²) in [5.41, 5.74) is 1.81. The van der Waals surface area contributed by atoms with E-state index in [9.17, 15) is 14.9 Å². The molecule has 1 aliphatic rings. The van der Waals surface area contributed by atoms with E-state index in [0.29, 0.717) is 13.2 Å². The van der Waals surface area contributed by atoms with Gasteiger partial charge in [-0.1, -0.05) is 0 Å². The van der Waals surface area contributed by atoms with Crippen molar-refractivity contribution in [3.05, 3.63) is 24.3 Å². The highest BCUT2D eigenvalue weighted by molar-refractivity contribution is 5.70. The van der Waals surface area contributed by atoms with Crippen molar-refractivity contribution in [3.63, 3.8) is 0 Å². The third kappa shape index (κ3) is 4.62. The van der Waals surface area contributed by atoms with Gasteiger partial charge in [-0.2, -0.15) is 5.26 Å². The van der Waals surface area contributed by atoms with Gasteiger partial charge in [0.1, 0.15) is 0 Å². The van der Waals surface area contributed by atoms with Gasteiger partial charge in [0.15, 0.2) is 6.19 Å². The number of carbonyl (C=O) groups excluding carboxylic acids is 2. The molecule has 0 saturated carbocycles. The molecule has 1 saturated heterocycles. The molecule has 1 aliphatic heterocycles. The molecule has 1 amide bonds. The number of esters is 1. The van der Waals surface area contributed by atoms with E-state index in [1.165, 1.54) is 4.90 Å². The second-order valence-corrected chi connectivity index (χ2v) is 5.45. The maximum atomic E-state index is 11.4. The van der Waals surface area contributed by atoms with Crippen LogP contribution in [0.1, 0.15) is 13.3 Å². The van der Waals surface area contributed by atoms with Gasteiger partial charge in [0.25, 0.3) is 0 Å². The molecule has 1 heterocycles. The number of rotatable bonds is 7. The van der Waals surface area contributed by atoms with Crippen molar-refractivity contribution < 1.29 is 14.3 Å². The van der Waals surface area contributed by atoms with Gasteiger partial charge in [-0.05, 0) is 31.2 Å². The van der Waals surface area contributed by atoms with E-state index < -0.39 is 0 Å². The Kier molecular flexibility index (Phi) is 6.43. The van der Waals surface area contributed by atoms with Gasteiger partial charge in [0.05, 0.1) is 18.7 Å².